The van der Waals surface area contributed by atoms with Gasteiger partial charge in [-0.2, -0.15) is 0 Å². The minimum Gasteiger partial charge on any atom is -0.464 e. The van der Waals surface area contributed by atoms with E-state index < -0.39 is 18.7 Å². The molecule has 0 spiro atoms. The molecule has 0 radical (unpaired) electrons. The van der Waals surface area contributed by atoms with E-state index in [1.54, 1.807) is 6.92 Å². The van der Waals surface area contributed by atoms with Gasteiger partial charge in [0, 0.05) is 6.61 Å². The zero-order valence-corrected chi connectivity index (χ0v) is 15.8. The molecular weight excluding hydrogens is 308 g/mol. The van der Waals surface area contributed by atoms with Crippen LogP contribution in [0.2, 0.25) is 0 Å². The first-order valence-electron chi connectivity index (χ1n) is 9.70. The standard InChI is InChI=1S/C17H34O4.C2H6O/c1-2-3-4-5-6-7-8-9-10-11-12-13-14-21-17(20)16(19)15-18;1-2-3/h16,18-19H,2-15H2,1H3;3H,2H2,1H3. The van der Waals surface area contributed by atoms with Crippen LogP contribution in [0.15, 0.2) is 0 Å². The molecule has 0 heterocycles. The van der Waals surface area contributed by atoms with Crippen molar-refractivity contribution < 1.29 is 24.9 Å². The van der Waals surface area contributed by atoms with Crippen molar-refractivity contribution in [3.05, 3.63) is 0 Å². The third-order valence-corrected chi connectivity index (χ3v) is 3.69. The van der Waals surface area contributed by atoms with Crippen molar-refractivity contribution in [2.75, 3.05) is 19.8 Å². The zero-order chi connectivity index (χ0) is 18.5. The summed E-state index contributed by atoms with van der Waals surface area (Å²) in [6.07, 6.45) is 13.8. The Kier molecular flexibility index (Phi) is 23.8. The molecule has 0 aliphatic heterocycles. The third kappa shape index (κ3) is 21.4. The van der Waals surface area contributed by atoms with Crippen LogP contribution in [0.1, 0.15) is 90.9 Å². The molecule has 0 aromatic carbocycles. The van der Waals surface area contributed by atoms with Crippen molar-refractivity contribution >= 4 is 5.97 Å². The van der Waals surface area contributed by atoms with Crippen molar-refractivity contribution in [1.29, 1.82) is 0 Å². The lowest BCUT2D eigenvalue weighted by atomic mass is 10.1. The summed E-state index contributed by atoms with van der Waals surface area (Å²) in [5, 5.41) is 25.1. The van der Waals surface area contributed by atoms with E-state index in [9.17, 15) is 4.79 Å². The van der Waals surface area contributed by atoms with Gasteiger partial charge < -0.3 is 20.1 Å². The SMILES string of the molecule is CCCCCCCCCCCCCCOC(=O)C(O)CO.CCO. The second-order valence-corrected chi connectivity index (χ2v) is 6.07. The summed E-state index contributed by atoms with van der Waals surface area (Å²) in [7, 11) is 0. The lowest BCUT2D eigenvalue weighted by molar-refractivity contribution is -0.155. The molecule has 5 heteroatoms. The Bertz CT molecular complexity index is 246. The molecule has 0 fully saturated rings. The van der Waals surface area contributed by atoms with E-state index in [0.29, 0.717) is 6.61 Å². The van der Waals surface area contributed by atoms with Gasteiger partial charge in [0.15, 0.2) is 6.10 Å². The van der Waals surface area contributed by atoms with Gasteiger partial charge in [0.05, 0.1) is 13.2 Å². The summed E-state index contributed by atoms with van der Waals surface area (Å²) in [5.41, 5.74) is 0. The van der Waals surface area contributed by atoms with Crippen LogP contribution >= 0.6 is 0 Å². The number of aliphatic hydroxyl groups is 3. The average molecular weight is 349 g/mol. The number of carbonyl (C=O) groups excluding carboxylic acids is 1. The van der Waals surface area contributed by atoms with Crippen LogP contribution < -0.4 is 0 Å². The fourth-order valence-corrected chi connectivity index (χ4v) is 2.29. The van der Waals surface area contributed by atoms with Crippen molar-refractivity contribution in [3.63, 3.8) is 0 Å². The molecule has 0 saturated carbocycles. The van der Waals surface area contributed by atoms with Gasteiger partial charge in [0.25, 0.3) is 0 Å². The molecule has 3 N–H and O–H groups in total. The molecule has 0 amide bonds. The Morgan fingerprint density at radius 3 is 1.54 bits per heavy atom. The molecule has 24 heavy (non-hydrogen) atoms. The first kappa shape index (κ1) is 25.6. The van der Waals surface area contributed by atoms with E-state index in [-0.39, 0.29) is 6.61 Å². The van der Waals surface area contributed by atoms with Gasteiger partial charge in [0.1, 0.15) is 0 Å². The summed E-state index contributed by atoms with van der Waals surface area (Å²) in [5.74, 6) is -0.722. The van der Waals surface area contributed by atoms with E-state index in [1.165, 1.54) is 64.2 Å². The van der Waals surface area contributed by atoms with Crippen molar-refractivity contribution in [2.45, 2.75) is 97.0 Å². The monoisotopic (exact) mass is 348 g/mol. The molecule has 146 valence electrons. The Balaban J connectivity index is 0. The van der Waals surface area contributed by atoms with E-state index in [4.69, 9.17) is 20.1 Å². The van der Waals surface area contributed by atoms with Crippen LogP contribution in [0.3, 0.4) is 0 Å². The maximum absolute atomic E-state index is 11.0. The summed E-state index contributed by atoms with van der Waals surface area (Å²) in [6.45, 7) is 3.94. The Labute approximate surface area is 148 Å². The number of hydrogen-bond acceptors (Lipinski definition) is 5. The van der Waals surface area contributed by atoms with Crippen LogP contribution in [0.4, 0.5) is 0 Å². The van der Waals surface area contributed by atoms with Crippen LogP contribution in [0.5, 0.6) is 0 Å². The number of hydrogen-bond donors (Lipinski definition) is 3. The summed E-state index contributed by atoms with van der Waals surface area (Å²) in [6, 6.07) is 0. The molecule has 1 atom stereocenters. The molecule has 0 aliphatic carbocycles. The van der Waals surface area contributed by atoms with Gasteiger partial charge in [0.2, 0.25) is 0 Å². The minimum atomic E-state index is -1.39. The van der Waals surface area contributed by atoms with Crippen LogP contribution in [-0.2, 0) is 9.53 Å². The number of rotatable bonds is 15. The Hall–Kier alpha value is -0.650. The molecule has 0 aromatic heterocycles. The number of carbonyl (C=O) groups is 1. The zero-order valence-electron chi connectivity index (χ0n) is 15.8. The van der Waals surface area contributed by atoms with Crippen molar-refractivity contribution in [2.24, 2.45) is 0 Å². The van der Waals surface area contributed by atoms with E-state index >= 15 is 0 Å². The van der Waals surface area contributed by atoms with E-state index in [1.807, 2.05) is 0 Å². The number of aliphatic hydroxyl groups excluding tert-OH is 3. The van der Waals surface area contributed by atoms with E-state index in [0.717, 1.165) is 12.8 Å². The smallest absolute Gasteiger partial charge is 0.337 e. The van der Waals surface area contributed by atoms with Crippen molar-refractivity contribution in [1.82, 2.24) is 0 Å². The van der Waals surface area contributed by atoms with Gasteiger partial charge in [-0.05, 0) is 13.3 Å². The lowest BCUT2D eigenvalue weighted by Gasteiger charge is -2.07. The predicted octanol–water partition coefficient (Wildman–Crippen LogP) is 3.58. The fraction of sp³-hybridized carbons (Fsp3) is 0.947. The number of unbranched alkanes of at least 4 members (excludes halogenated alkanes) is 11. The average Bonchev–Trinajstić information content (AvgIpc) is 2.58. The maximum Gasteiger partial charge on any atom is 0.337 e. The molecule has 0 rings (SSSR count). The van der Waals surface area contributed by atoms with Crippen molar-refractivity contribution in [3.8, 4) is 0 Å². The third-order valence-electron chi connectivity index (χ3n) is 3.69. The fourth-order valence-electron chi connectivity index (χ4n) is 2.29. The van der Waals surface area contributed by atoms with Crippen LogP contribution in [0, 0.1) is 0 Å². The lowest BCUT2D eigenvalue weighted by Crippen LogP contribution is -2.26. The summed E-state index contributed by atoms with van der Waals surface area (Å²) >= 11 is 0. The second-order valence-electron chi connectivity index (χ2n) is 6.07. The van der Waals surface area contributed by atoms with Gasteiger partial charge in [-0.1, -0.05) is 77.6 Å². The second kappa shape index (κ2) is 22.4. The predicted molar refractivity (Wildman–Crippen MR) is 97.9 cm³/mol. The molecule has 0 saturated heterocycles. The maximum atomic E-state index is 11.0. The van der Waals surface area contributed by atoms with E-state index in [2.05, 4.69) is 6.92 Å². The quantitative estimate of drug-likeness (QED) is 0.311. The highest BCUT2D eigenvalue weighted by atomic mass is 16.5. The van der Waals surface area contributed by atoms with Gasteiger partial charge in [-0.25, -0.2) is 4.79 Å². The minimum absolute atomic E-state index is 0.250. The number of esters is 1. The topological polar surface area (TPSA) is 87.0 Å². The first-order chi connectivity index (χ1) is 11.6. The first-order valence-corrected chi connectivity index (χ1v) is 9.70. The van der Waals surface area contributed by atoms with Gasteiger partial charge in [-0.3, -0.25) is 0 Å². The highest BCUT2D eigenvalue weighted by Crippen LogP contribution is 2.11. The molecular formula is C19H40O5. The van der Waals surface area contributed by atoms with Gasteiger partial charge >= 0.3 is 5.97 Å². The Morgan fingerprint density at radius 1 is 0.792 bits per heavy atom. The Morgan fingerprint density at radius 2 is 1.17 bits per heavy atom. The summed E-state index contributed by atoms with van der Waals surface area (Å²) < 4.78 is 4.84. The number of ether oxygens (including phenoxy) is 1. The molecule has 0 bridgehead atoms. The molecule has 1 unspecified atom stereocenters. The molecule has 5 nitrogen and oxygen atoms in total. The normalized spacial score (nSPS) is 11.5. The molecule has 0 aromatic rings. The largest absolute Gasteiger partial charge is 0.464 e. The summed E-state index contributed by atoms with van der Waals surface area (Å²) in [4.78, 5) is 11.0. The highest BCUT2D eigenvalue weighted by Gasteiger charge is 2.14. The van der Waals surface area contributed by atoms with Gasteiger partial charge in [-0.15, -0.1) is 0 Å². The molecule has 0 aliphatic rings. The van der Waals surface area contributed by atoms with Crippen LogP contribution in [-0.4, -0.2) is 47.2 Å². The highest BCUT2D eigenvalue weighted by molar-refractivity contribution is 5.74. The van der Waals surface area contributed by atoms with Crippen LogP contribution in [0.25, 0.3) is 0 Å².